The van der Waals surface area contributed by atoms with Gasteiger partial charge in [0.15, 0.2) is 0 Å². The normalized spacial score (nSPS) is 23.2. The van der Waals surface area contributed by atoms with Gasteiger partial charge < -0.3 is 4.74 Å². The number of nitrogens with zero attached hydrogens (tertiary/aromatic N) is 2. The molecule has 0 aliphatic carbocycles. The molecule has 6 heteroatoms. The Balaban J connectivity index is 1.73. The molecule has 0 bridgehead atoms. The van der Waals surface area contributed by atoms with Gasteiger partial charge in [0.1, 0.15) is 0 Å². The highest BCUT2D eigenvalue weighted by Crippen LogP contribution is 2.34. The first-order valence-corrected chi connectivity index (χ1v) is 8.69. The fourth-order valence-electron chi connectivity index (χ4n) is 3.83. The monoisotopic (exact) mass is 342 g/mol. The molecule has 1 atom stereocenters. The summed E-state index contributed by atoms with van der Waals surface area (Å²) in [7, 11) is 0. The number of alkyl halides is 3. The molecule has 0 spiro atoms. The number of morpholine rings is 1. The summed E-state index contributed by atoms with van der Waals surface area (Å²) >= 11 is 0. The number of rotatable bonds is 4. The first kappa shape index (κ1) is 17.7. The Labute approximate surface area is 141 Å². The smallest absolute Gasteiger partial charge is 0.379 e. The third-order valence-electron chi connectivity index (χ3n) is 4.95. The Morgan fingerprint density at radius 3 is 2.58 bits per heavy atom. The van der Waals surface area contributed by atoms with Crippen LogP contribution in [0.4, 0.5) is 13.2 Å². The molecule has 0 N–H and O–H groups in total. The molecule has 0 aromatic heterocycles. The van der Waals surface area contributed by atoms with Crippen LogP contribution in [0.2, 0.25) is 0 Å². The Kier molecular flexibility index (Phi) is 5.47. The van der Waals surface area contributed by atoms with Crippen molar-refractivity contribution in [2.24, 2.45) is 0 Å². The molecule has 1 fully saturated rings. The van der Waals surface area contributed by atoms with Gasteiger partial charge in [0, 0.05) is 32.2 Å². The van der Waals surface area contributed by atoms with Crippen molar-refractivity contribution in [1.82, 2.24) is 9.80 Å². The van der Waals surface area contributed by atoms with Gasteiger partial charge in [0.2, 0.25) is 0 Å². The minimum absolute atomic E-state index is 0.132. The summed E-state index contributed by atoms with van der Waals surface area (Å²) in [5.74, 6) is 0. The van der Waals surface area contributed by atoms with Crippen LogP contribution in [0.25, 0.3) is 0 Å². The summed E-state index contributed by atoms with van der Waals surface area (Å²) in [6.45, 7) is 5.93. The molecule has 0 radical (unpaired) electrons. The van der Waals surface area contributed by atoms with Gasteiger partial charge in [0.25, 0.3) is 0 Å². The highest BCUT2D eigenvalue weighted by atomic mass is 19.4. The lowest BCUT2D eigenvalue weighted by Crippen LogP contribution is -2.41. The van der Waals surface area contributed by atoms with Gasteiger partial charge in [-0.15, -0.1) is 0 Å². The van der Waals surface area contributed by atoms with Crippen LogP contribution in [0.5, 0.6) is 0 Å². The minimum atomic E-state index is -4.14. The van der Waals surface area contributed by atoms with Crippen LogP contribution < -0.4 is 0 Å². The SMILES string of the molecule is CCC1c2ccc(CN3CCOCC3)cc2CCN1CC(F)(F)F. The van der Waals surface area contributed by atoms with Crippen LogP contribution in [-0.2, 0) is 17.7 Å². The predicted octanol–water partition coefficient (Wildman–Crippen LogP) is 3.39. The van der Waals surface area contributed by atoms with Gasteiger partial charge in [-0.3, -0.25) is 9.80 Å². The van der Waals surface area contributed by atoms with E-state index in [2.05, 4.69) is 17.0 Å². The quantitative estimate of drug-likeness (QED) is 0.834. The number of ether oxygens (including phenoxy) is 1. The van der Waals surface area contributed by atoms with Gasteiger partial charge in [-0.2, -0.15) is 13.2 Å². The fourth-order valence-corrected chi connectivity index (χ4v) is 3.83. The molecule has 24 heavy (non-hydrogen) atoms. The van der Waals surface area contributed by atoms with E-state index in [1.165, 1.54) is 11.1 Å². The summed E-state index contributed by atoms with van der Waals surface area (Å²) in [6, 6.07) is 6.18. The zero-order valence-corrected chi connectivity index (χ0v) is 14.1. The molecular weight excluding hydrogens is 317 g/mol. The van der Waals surface area contributed by atoms with E-state index >= 15 is 0 Å². The maximum absolute atomic E-state index is 12.8. The first-order chi connectivity index (χ1) is 11.5. The number of fused-ring (bicyclic) bond motifs is 1. The third kappa shape index (κ3) is 4.29. The average molecular weight is 342 g/mol. The third-order valence-corrected chi connectivity index (χ3v) is 4.95. The molecule has 134 valence electrons. The molecule has 3 nitrogen and oxygen atoms in total. The van der Waals surface area contributed by atoms with E-state index in [4.69, 9.17) is 4.74 Å². The van der Waals surface area contributed by atoms with Crippen LogP contribution in [0.3, 0.4) is 0 Å². The van der Waals surface area contributed by atoms with Crippen molar-refractivity contribution in [1.29, 1.82) is 0 Å². The van der Waals surface area contributed by atoms with Gasteiger partial charge in [-0.25, -0.2) is 0 Å². The molecule has 0 amide bonds. The second kappa shape index (κ2) is 7.42. The molecule has 1 saturated heterocycles. The lowest BCUT2D eigenvalue weighted by molar-refractivity contribution is -0.152. The van der Waals surface area contributed by atoms with E-state index in [0.717, 1.165) is 38.4 Å². The zero-order chi connectivity index (χ0) is 17.2. The first-order valence-electron chi connectivity index (χ1n) is 8.69. The Morgan fingerprint density at radius 2 is 1.92 bits per heavy atom. The van der Waals surface area contributed by atoms with Crippen LogP contribution in [0.15, 0.2) is 18.2 Å². The summed E-state index contributed by atoms with van der Waals surface area (Å²) in [4.78, 5) is 3.94. The summed E-state index contributed by atoms with van der Waals surface area (Å²) in [5.41, 5.74) is 3.53. The van der Waals surface area contributed by atoms with Crippen molar-refractivity contribution in [2.75, 3.05) is 39.4 Å². The summed E-state index contributed by atoms with van der Waals surface area (Å²) in [5, 5.41) is 0. The van der Waals surface area contributed by atoms with Crippen molar-refractivity contribution < 1.29 is 17.9 Å². The minimum Gasteiger partial charge on any atom is -0.379 e. The van der Waals surface area contributed by atoms with Crippen molar-refractivity contribution >= 4 is 0 Å². The van der Waals surface area contributed by atoms with Crippen LogP contribution in [-0.4, -0.2) is 55.4 Å². The van der Waals surface area contributed by atoms with E-state index in [9.17, 15) is 13.2 Å². The van der Waals surface area contributed by atoms with E-state index in [1.54, 1.807) is 4.90 Å². The van der Waals surface area contributed by atoms with Crippen molar-refractivity contribution in [3.05, 3.63) is 34.9 Å². The summed E-state index contributed by atoms with van der Waals surface area (Å²) < 4.78 is 43.7. The topological polar surface area (TPSA) is 15.7 Å². The van der Waals surface area contributed by atoms with Gasteiger partial charge in [0.05, 0.1) is 19.8 Å². The fraction of sp³-hybridized carbons (Fsp3) is 0.667. The largest absolute Gasteiger partial charge is 0.401 e. The van der Waals surface area contributed by atoms with E-state index in [-0.39, 0.29) is 6.04 Å². The van der Waals surface area contributed by atoms with Crippen LogP contribution in [0, 0.1) is 0 Å². The van der Waals surface area contributed by atoms with Crippen LogP contribution in [0.1, 0.15) is 36.1 Å². The van der Waals surface area contributed by atoms with E-state index in [1.807, 2.05) is 13.0 Å². The number of halogens is 3. The molecule has 0 saturated carbocycles. The Bertz CT molecular complexity index is 556. The average Bonchev–Trinajstić information content (AvgIpc) is 2.54. The highest BCUT2D eigenvalue weighted by Gasteiger charge is 2.36. The van der Waals surface area contributed by atoms with Gasteiger partial charge >= 0.3 is 6.18 Å². The lowest BCUT2D eigenvalue weighted by atomic mass is 9.89. The number of hydrogen-bond acceptors (Lipinski definition) is 3. The second-order valence-electron chi connectivity index (χ2n) is 6.68. The number of benzene rings is 1. The molecule has 1 aromatic carbocycles. The van der Waals surface area contributed by atoms with Crippen molar-refractivity contribution in [3.63, 3.8) is 0 Å². The molecule has 3 rings (SSSR count). The standard InChI is InChI=1S/C18H25F3N2O/c1-2-17-16-4-3-14(12-22-7-9-24-10-8-22)11-15(16)5-6-23(17)13-18(19,20)21/h3-4,11,17H,2,5-10,12-13H2,1H3. The van der Waals surface area contributed by atoms with E-state index in [0.29, 0.717) is 19.4 Å². The second-order valence-corrected chi connectivity index (χ2v) is 6.68. The predicted molar refractivity (Wildman–Crippen MR) is 86.9 cm³/mol. The molecule has 2 aliphatic rings. The molecular formula is C18H25F3N2O. The van der Waals surface area contributed by atoms with Gasteiger partial charge in [-0.05, 0) is 29.5 Å². The number of hydrogen-bond donors (Lipinski definition) is 0. The molecule has 2 aliphatic heterocycles. The zero-order valence-electron chi connectivity index (χ0n) is 14.1. The Hall–Kier alpha value is -1.11. The summed E-state index contributed by atoms with van der Waals surface area (Å²) in [6.07, 6.45) is -2.74. The lowest BCUT2D eigenvalue weighted by Gasteiger charge is -2.37. The van der Waals surface area contributed by atoms with Gasteiger partial charge in [-0.1, -0.05) is 25.1 Å². The highest BCUT2D eigenvalue weighted by molar-refractivity contribution is 5.36. The molecule has 2 heterocycles. The van der Waals surface area contributed by atoms with E-state index < -0.39 is 12.7 Å². The maximum atomic E-state index is 12.8. The van der Waals surface area contributed by atoms with Crippen LogP contribution >= 0.6 is 0 Å². The van der Waals surface area contributed by atoms with Crippen molar-refractivity contribution in [2.45, 2.75) is 38.5 Å². The maximum Gasteiger partial charge on any atom is 0.401 e. The van der Waals surface area contributed by atoms with Crippen molar-refractivity contribution in [3.8, 4) is 0 Å². The molecule has 1 unspecified atom stereocenters. The molecule has 1 aromatic rings. The Morgan fingerprint density at radius 1 is 1.17 bits per heavy atom.